The fourth-order valence-corrected chi connectivity index (χ4v) is 3.21. The van der Waals surface area contributed by atoms with Gasteiger partial charge in [-0.2, -0.15) is 5.26 Å². The molecule has 26 heavy (non-hydrogen) atoms. The molecule has 2 amide bonds. The summed E-state index contributed by atoms with van der Waals surface area (Å²) in [7, 11) is 0. The molecule has 1 heterocycles. The van der Waals surface area contributed by atoms with Crippen molar-refractivity contribution in [1.29, 1.82) is 5.26 Å². The lowest BCUT2D eigenvalue weighted by Gasteiger charge is -2.24. The summed E-state index contributed by atoms with van der Waals surface area (Å²) in [6.07, 6.45) is 1.42. The number of hydrogen-bond donors (Lipinski definition) is 1. The van der Waals surface area contributed by atoms with E-state index in [1.807, 2.05) is 18.2 Å². The number of nitrogens with one attached hydrogen (secondary N) is 1. The number of carbonyl (C=O) groups excluding carboxylic acids is 2. The largest absolute Gasteiger partial charge is 0.350 e. The molecular formula is C20H18ClN3O2. The lowest BCUT2D eigenvalue weighted by molar-refractivity contribution is -0.125. The monoisotopic (exact) mass is 367 g/mol. The molecule has 1 saturated heterocycles. The molecule has 0 bridgehead atoms. The predicted molar refractivity (Wildman–Crippen MR) is 98.5 cm³/mol. The number of rotatable bonds is 4. The normalized spacial score (nSPS) is 16.2. The lowest BCUT2D eigenvalue weighted by Crippen LogP contribution is -2.45. The zero-order valence-corrected chi connectivity index (χ0v) is 14.9. The standard InChI is InChI=1S/C20H18ClN3O2/c21-17-8-6-14(7-9-17)13-23-19(25)18-5-2-10-24(18)20(26)16-4-1-3-15(11-16)12-22/h1,3-4,6-9,11,18H,2,5,10,13H2,(H,23,25). The first kappa shape index (κ1) is 18.0. The van der Waals surface area contributed by atoms with Crippen LogP contribution in [0.5, 0.6) is 0 Å². The van der Waals surface area contributed by atoms with E-state index in [1.54, 1.807) is 41.3 Å². The number of hydrogen-bond acceptors (Lipinski definition) is 3. The van der Waals surface area contributed by atoms with Gasteiger partial charge in [0.2, 0.25) is 5.91 Å². The van der Waals surface area contributed by atoms with Crippen molar-refractivity contribution in [2.45, 2.75) is 25.4 Å². The molecule has 0 aromatic heterocycles. The predicted octanol–water partition coefficient (Wildman–Crippen LogP) is 3.13. The second-order valence-electron chi connectivity index (χ2n) is 6.19. The molecule has 0 aliphatic carbocycles. The molecule has 6 heteroatoms. The van der Waals surface area contributed by atoms with E-state index >= 15 is 0 Å². The second-order valence-corrected chi connectivity index (χ2v) is 6.63. The van der Waals surface area contributed by atoms with Crippen molar-refractivity contribution in [3.05, 3.63) is 70.2 Å². The van der Waals surface area contributed by atoms with Gasteiger partial charge in [-0.1, -0.05) is 29.8 Å². The first-order valence-electron chi connectivity index (χ1n) is 8.42. The Morgan fingerprint density at radius 1 is 1.23 bits per heavy atom. The third-order valence-electron chi connectivity index (χ3n) is 4.43. The van der Waals surface area contributed by atoms with Gasteiger partial charge in [0.1, 0.15) is 6.04 Å². The minimum absolute atomic E-state index is 0.165. The summed E-state index contributed by atoms with van der Waals surface area (Å²) < 4.78 is 0. The molecule has 1 unspecified atom stereocenters. The van der Waals surface area contributed by atoms with Crippen LogP contribution in [0.2, 0.25) is 5.02 Å². The van der Waals surface area contributed by atoms with Crippen LogP contribution in [-0.4, -0.2) is 29.3 Å². The van der Waals surface area contributed by atoms with Crippen LogP contribution in [0.25, 0.3) is 0 Å². The Labute approximate surface area is 157 Å². The summed E-state index contributed by atoms with van der Waals surface area (Å²) in [5.41, 5.74) is 1.81. The van der Waals surface area contributed by atoms with Gasteiger partial charge >= 0.3 is 0 Å². The number of nitrogens with zero attached hydrogens (tertiary/aromatic N) is 2. The van der Waals surface area contributed by atoms with Gasteiger partial charge in [-0.05, 0) is 48.7 Å². The van der Waals surface area contributed by atoms with E-state index in [4.69, 9.17) is 16.9 Å². The Balaban J connectivity index is 1.66. The Morgan fingerprint density at radius 2 is 2.00 bits per heavy atom. The van der Waals surface area contributed by atoms with Crippen molar-refractivity contribution in [3.8, 4) is 6.07 Å². The van der Waals surface area contributed by atoms with Crippen molar-refractivity contribution in [2.75, 3.05) is 6.54 Å². The van der Waals surface area contributed by atoms with Crippen molar-refractivity contribution in [1.82, 2.24) is 10.2 Å². The van der Waals surface area contributed by atoms with Crippen LogP contribution >= 0.6 is 11.6 Å². The number of halogens is 1. The SMILES string of the molecule is N#Cc1cccc(C(=O)N2CCCC2C(=O)NCc2ccc(Cl)cc2)c1. The zero-order valence-electron chi connectivity index (χ0n) is 14.1. The summed E-state index contributed by atoms with van der Waals surface area (Å²) in [6, 6.07) is 15.4. The van der Waals surface area contributed by atoms with E-state index in [-0.39, 0.29) is 11.8 Å². The molecule has 2 aromatic carbocycles. The van der Waals surface area contributed by atoms with Crippen molar-refractivity contribution in [2.24, 2.45) is 0 Å². The van der Waals surface area contributed by atoms with E-state index in [0.29, 0.717) is 35.7 Å². The molecule has 1 aliphatic heterocycles. The van der Waals surface area contributed by atoms with Crippen LogP contribution in [0.4, 0.5) is 0 Å². The summed E-state index contributed by atoms with van der Waals surface area (Å²) in [5.74, 6) is -0.381. The zero-order chi connectivity index (χ0) is 18.5. The minimum atomic E-state index is -0.486. The molecule has 1 fully saturated rings. The van der Waals surface area contributed by atoms with Crippen molar-refractivity contribution < 1.29 is 9.59 Å². The first-order chi connectivity index (χ1) is 12.6. The first-order valence-corrected chi connectivity index (χ1v) is 8.79. The van der Waals surface area contributed by atoms with E-state index in [9.17, 15) is 9.59 Å². The van der Waals surface area contributed by atoms with Gasteiger partial charge in [-0.25, -0.2) is 0 Å². The van der Waals surface area contributed by atoms with E-state index in [1.165, 1.54) is 0 Å². The number of benzene rings is 2. The van der Waals surface area contributed by atoms with E-state index in [0.717, 1.165) is 12.0 Å². The summed E-state index contributed by atoms with van der Waals surface area (Å²) in [6.45, 7) is 0.924. The maximum atomic E-state index is 12.8. The molecule has 3 rings (SSSR count). The third-order valence-corrected chi connectivity index (χ3v) is 4.69. The van der Waals surface area contributed by atoms with Crippen LogP contribution < -0.4 is 5.32 Å². The smallest absolute Gasteiger partial charge is 0.254 e. The van der Waals surface area contributed by atoms with Crippen LogP contribution in [-0.2, 0) is 11.3 Å². The van der Waals surface area contributed by atoms with Crippen LogP contribution in [0.15, 0.2) is 48.5 Å². The Morgan fingerprint density at radius 3 is 2.73 bits per heavy atom. The van der Waals surface area contributed by atoms with Crippen molar-refractivity contribution >= 4 is 23.4 Å². The number of nitriles is 1. The summed E-state index contributed by atoms with van der Waals surface area (Å²) in [4.78, 5) is 26.9. The molecular weight excluding hydrogens is 350 g/mol. The Kier molecular flexibility index (Phi) is 5.55. The summed E-state index contributed by atoms with van der Waals surface area (Å²) in [5, 5.41) is 12.5. The highest BCUT2D eigenvalue weighted by Crippen LogP contribution is 2.21. The molecule has 0 saturated carbocycles. The number of likely N-dealkylation sites (tertiary alicyclic amines) is 1. The van der Waals surface area contributed by atoms with Gasteiger partial charge in [0.05, 0.1) is 11.6 Å². The maximum absolute atomic E-state index is 12.8. The minimum Gasteiger partial charge on any atom is -0.350 e. The topological polar surface area (TPSA) is 73.2 Å². The third kappa shape index (κ3) is 4.04. The molecule has 1 aliphatic rings. The number of carbonyl (C=O) groups is 2. The quantitative estimate of drug-likeness (QED) is 0.902. The second kappa shape index (κ2) is 8.03. The van der Waals surface area contributed by atoms with Gasteiger partial charge in [-0.15, -0.1) is 0 Å². The molecule has 0 radical (unpaired) electrons. The fourth-order valence-electron chi connectivity index (χ4n) is 3.08. The van der Waals surface area contributed by atoms with Crippen LogP contribution in [0, 0.1) is 11.3 Å². The maximum Gasteiger partial charge on any atom is 0.254 e. The average Bonchev–Trinajstić information content (AvgIpc) is 3.16. The molecule has 5 nitrogen and oxygen atoms in total. The van der Waals surface area contributed by atoms with E-state index < -0.39 is 6.04 Å². The van der Waals surface area contributed by atoms with E-state index in [2.05, 4.69) is 5.32 Å². The number of amides is 2. The molecule has 2 aromatic rings. The molecule has 132 valence electrons. The average molecular weight is 368 g/mol. The van der Waals surface area contributed by atoms with Gasteiger partial charge in [0.15, 0.2) is 0 Å². The summed E-state index contributed by atoms with van der Waals surface area (Å²) >= 11 is 5.86. The lowest BCUT2D eigenvalue weighted by atomic mass is 10.1. The highest BCUT2D eigenvalue weighted by atomic mass is 35.5. The highest BCUT2D eigenvalue weighted by molar-refractivity contribution is 6.30. The van der Waals surface area contributed by atoms with Gasteiger partial charge < -0.3 is 10.2 Å². The fraction of sp³-hybridized carbons (Fsp3) is 0.250. The van der Waals surface area contributed by atoms with Gasteiger partial charge in [-0.3, -0.25) is 9.59 Å². The van der Waals surface area contributed by atoms with Crippen molar-refractivity contribution in [3.63, 3.8) is 0 Å². The van der Waals surface area contributed by atoms with Gasteiger partial charge in [0.25, 0.3) is 5.91 Å². The Hall–Kier alpha value is -2.84. The van der Waals surface area contributed by atoms with Gasteiger partial charge in [0, 0.05) is 23.7 Å². The highest BCUT2D eigenvalue weighted by Gasteiger charge is 2.34. The molecule has 0 spiro atoms. The van der Waals surface area contributed by atoms with Crippen LogP contribution in [0.3, 0.4) is 0 Å². The molecule has 1 N–H and O–H groups in total. The van der Waals surface area contributed by atoms with Crippen LogP contribution in [0.1, 0.15) is 34.3 Å². The molecule has 1 atom stereocenters. The Bertz CT molecular complexity index is 858.